The Balaban J connectivity index is 1.69. The summed E-state index contributed by atoms with van der Waals surface area (Å²) in [6.45, 7) is 2.75. The molecular weight excluding hydrogens is 354 g/mol. The van der Waals surface area contributed by atoms with E-state index in [1.807, 2.05) is 36.4 Å². The fourth-order valence-corrected chi connectivity index (χ4v) is 2.53. The maximum Gasteiger partial charge on any atom is 0.244 e. The summed E-state index contributed by atoms with van der Waals surface area (Å²) in [5.74, 6) is 1.14. The predicted octanol–water partition coefficient (Wildman–Crippen LogP) is 4.30. The van der Waals surface area contributed by atoms with Gasteiger partial charge in [0, 0.05) is 16.7 Å². The van der Waals surface area contributed by atoms with Crippen molar-refractivity contribution >= 4 is 33.4 Å². The number of rotatable bonds is 5. The first-order valence-corrected chi connectivity index (χ1v) is 8.01. The molecule has 0 fully saturated rings. The Bertz CT molecular complexity index is 806. The van der Waals surface area contributed by atoms with Gasteiger partial charge >= 0.3 is 0 Å². The van der Waals surface area contributed by atoms with E-state index < -0.39 is 0 Å². The summed E-state index contributed by atoms with van der Waals surface area (Å²) >= 11 is 3.45. The van der Waals surface area contributed by atoms with Crippen LogP contribution in [0.3, 0.4) is 0 Å². The van der Waals surface area contributed by atoms with Gasteiger partial charge in [-0.25, -0.2) is 0 Å². The average Bonchev–Trinajstić information content (AvgIpc) is 2.54. The molecule has 0 bridgehead atoms. The van der Waals surface area contributed by atoms with Crippen LogP contribution in [0.4, 0.5) is 17.5 Å². The zero-order chi connectivity index (χ0) is 16.1. The molecule has 0 spiro atoms. The molecule has 0 aliphatic carbocycles. The number of aromatic nitrogens is 3. The Kier molecular flexibility index (Phi) is 4.83. The largest absolute Gasteiger partial charge is 0.349 e. The molecule has 2 N–H and O–H groups in total. The van der Waals surface area contributed by atoms with Crippen LogP contribution in [0.5, 0.6) is 0 Å². The van der Waals surface area contributed by atoms with Gasteiger partial charge in [-0.3, -0.25) is 0 Å². The second kappa shape index (κ2) is 7.19. The molecule has 0 saturated carbocycles. The fraction of sp³-hybridized carbons (Fsp3) is 0.118. The number of nitrogens with one attached hydrogen (secondary N) is 2. The summed E-state index contributed by atoms with van der Waals surface area (Å²) in [5, 5.41) is 14.4. The van der Waals surface area contributed by atoms with Gasteiger partial charge in [0.25, 0.3) is 0 Å². The fourth-order valence-electron chi connectivity index (χ4n) is 2.14. The predicted molar refractivity (Wildman–Crippen MR) is 95.8 cm³/mol. The molecule has 2 aromatic carbocycles. The van der Waals surface area contributed by atoms with E-state index in [1.165, 1.54) is 11.1 Å². The van der Waals surface area contributed by atoms with Gasteiger partial charge in [0.1, 0.15) is 0 Å². The van der Waals surface area contributed by atoms with Crippen LogP contribution in [0, 0.1) is 6.92 Å². The number of hydrogen-bond donors (Lipinski definition) is 2. The first kappa shape index (κ1) is 15.4. The molecule has 5 nitrogen and oxygen atoms in total. The minimum atomic E-state index is 0.494. The molecule has 116 valence electrons. The maximum absolute atomic E-state index is 4.43. The van der Waals surface area contributed by atoms with Crippen molar-refractivity contribution in [2.24, 2.45) is 0 Å². The second-order valence-corrected chi connectivity index (χ2v) is 6.00. The van der Waals surface area contributed by atoms with Crippen LogP contribution in [0.1, 0.15) is 11.1 Å². The van der Waals surface area contributed by atoms with Gasteiger partial charge in [0.05, 0.1) is 6.20 Å². The van der Waals surface area contributed by atoms with E-state index in [1.54, 1.807) is 6.20 Å². The number of benzene rings is 2. The highest BCUT2D eigenvalue weighted by Gasteiger charge is 2.03. The van der Waals surface area contributed by atoms with Gasteiger partial charge in [0.2, 0.25) is 5.95 Å². The van der Waals surface area contributed by atoms with Crippen molar-refractivity contribution in [2.45, 2.75) is 13.5 Å². The van der Waals surface area contributed by atoms with Crippen LogP contribution >= 0.6 is 15.9 Å². The molecule has 6 heteroatoms. The lowest BCUT2D eigenvalue weighted by Crippen LogP contribution is -2.07. The van der Waals surface area contributed by atoms with Gasteiger partial charge < -0.3 is 10.6 Å². The van der Waals surface area contributed by atoms with E-state index in [0.29, 0.717) is 18.3 Å². The Labute approximate surface area is 143 Å². The van der Waals surface area contributed by atoms with Gasteiger partial charge in [-0.05, 0) is 36.2 Å². The Hall–Kier alpha value is -2.47. The van der Waals surface area contributed by atoms with E-state index in [-0.39, 0.29) is 0 Å². The Morgan fingerprint density at radius 2 is 1.96 bits per heavy atom. The highest BCUT2D eigenvalue weighted by molar-refractivity contribution is 9.10. The topological polar surface area (TPSA) is 62.7 Å². The van der Waals surface area contributed by atoms with Crippen LogP contribution < -0.4 is 10.6 Å². The lowest BCUT2D eigenvalue weighted by molar-refractivity contribution is 0.946. The summed E-state index contributed by atoms with van der Waals surface area (Å²) < 4.78 is 1.00. The molecule has 3 rings (SSSR count). The number of aryl methyl sites for hydroxylation is 1. The molecule has 0 radical (unpaired) electrons. The zero-order valence-corrected chi connectivity index (χ0v) is 14.2. The van der Waals surface area contributed by atoms with Gasteiger partial charge in [0.15, 0.2) is 5.82 Å². The van der Waals surface area contributed by atoms with Crippen LogP contribution in [0.2, 0.25) is 0 Å². The lowest BCUT2D eigenvalue weighted by atomic mass is 10.1. The van der Waals surface area contributed by atoms with E-state index in [9.17, 15) is 0 Å². The van der Waals surface area contributed by atoms with Gasteiger partial charge in [-0.1, -0.05) is 46.3 Å². The summed E-state index contributed by atoms with van der Waals surface area (Å²) in [6.07, 6.45) is 1.60. The van der Waals surface area contributed by atoms with Crippen molar-refractivity contribution in [1.29, 1.82) is 0 Å². The lowest BCUT2D eigenvalue weighted by Gasteiger charge is -2.09. The highest BCUT2D eigenvalue weighted by atomic mass is 79.9. The summed E-state index contributed by atoms with van der Waals surface area (Å²) in [6, 6.07) is 16.1. The quantitative estimate of drug-likeness (QED) is 0.701. The third kappa shape index (κ3) is 4.26. The SMILES string of the molecule is Cc1ccccc1CNc1nncc(Nc2cccc(Br)c2)n1. The van der Waals surface area contributed by atoms with Crippen LogP contribution in [-0.2, 0) is 6.54 Å². The van der Waals surface area contributed by atoms with E-state index >= 15 is 0 Å². The molecule has 23 heavy (non-hydrogen) atoms. The van der Waals surface area contributed by atoms with Crippen molar-refractivity contribution < 1.29 is 0 Å². The minimum Gasteiger partial charge on any atom is -0.349 e. The number of anilines is 3. The second-order valence-electron chi connectivity index (χ2n) is 5.08. The molecule has 1 heterocycles. The Morgan fingerprint density at radius 1 is 1.09 bits per heavy atom. The molecular formula is C17H16BrN5. The van der Waals surface area contributed by atoms with Crippen molar-refractivity contribution in [3.8, 4) is 0 Å². The third-order valence-corrected chi connectivity index (χ3v) is 3.85. The third-order valence-electron chi connectivity index (χ3n) is 3.35. The van der Waals surface area contributed by atoms with Crippen molar-refractivity contribution in [3.63, 3.8) is 0 Å². The van der Waals surface area contributed by atoms with E-state index in [2.05, 4.69) is 60.8 Å². The van der Waals surface area contributed by atoms with Crippen molar-refractivity contribution in [2.75, 3.05) is 10.6 Å². The molecule has 0 amide bonds. The smallest absolute Gasteiger partial charge is 0.244 e. The van der Waals surface area contributed by atoms with E-state index in [4.69, 9.17) is 0 Å². The van der Waals surface area contributed by atoms with Crippen LogP contribution in [0.25, 0.3) is 0 Å². The highest BCUT2D eigenvalue weighted by Crippen LogP contribution is 2.19. The number of hydrogen-bond acceptors (Lipinski definition) is 5. The molecule has 0 saturated heterocycles. The van der Waals surface area contributed by atoms with Gasteiger partial charge in [-0.2, -0.15) is 10.1 Å². The molecule has 0 unspecified atom stereocenters. The molecule has 0 atom stereocenters. The van der Waals surface area contributed by atoms with Crippen LogP contribution in [0.15, 0.2) is 59.2 Å². The summed E-state index contributed by atoms with van der Waals surface area (Å²) in [4.78, 5) is 4.43. The number of nitrogens with zero attached hydrogens (tertiary/aromatic N) is 3. The van der Waals surface area contributed by atoms with E-state index in [0.717, 1.165) is 10.2 Å². The van der Waals surface area contributed by atoms with Gasteiger partial charge in [-0.15, -0.1) is 5.10 Å². The maximum atomic E-state index is 4.43. The average molecular weight is 370 g/mol. The van der Waals surface area contributed by atoms with Crippen molar-refractivity contribution in [1.82, 2.24) is 15.2 Å². The summed E-state index contributed by atoms with van der Waals surface area (Å²) in [5.41, 5.74) is 3.38. The molecule has 0 aliphatic rings. The first-order chi connectivity index (χ1) is 11.2. The normalized spacial score (nSPS) is 10.3. The monoisotopic (exact) mass is 369 g/mol. The summed E-state index contributed by atoms with van der Waals surface area (Å²) in [7, 11) is 0. The minimum absolute atomic E-state index is 0.494. The molecule has 1 aromatic heterocycles. The van der Waals surface area contributed by atoms with Crippen LogP contribution in [-0.4, -0.2) is 15.2 Å². The molecule has 3 aromatic rings. The molecule has 0 aliphatic heterocycles. The zero-order valence-electron chi connectivity index (χ0n) is 12.6. The first-order valence-electron chi connectivity index (χ1n) is 7.21. The standard InChI is InChI=1S/C17H16BrN5/c1-12-5-2-3-6-13(12)10-19-17-22-16(11-20-23-17)21-15-8-4-7-14(18)9-15/h2-9,11H,10H2,1H3,(H2,19,21,22,23). The van der Waals surface area contributed by atoms with Crippen molar-refractivity contribution in [3.05, 3.63) is 70.3 Å². The number of halogens is 1. The Morgan fingerprint density at radius 3 is 2.78 bits per heavy atom.